The van der Waals surface area contributed by atoms with Crippen LogP contribution in [-0.4, -0.2) is 58.4 Å². The number of hydrogen-bond donors (Lipinski definition) is 3. The second-order valence-electron chi connectivity index (χ2n) is 5.18. The lowest BCUT2D eigenvalue weighted by atomic mass is 9.93. The maximum Gasteiger partial charge on any atom is 0.261 e. The minimum atomic E-state index is -0.526. The number of hydrogen-bond acceptors (Lipinski definition) is 6. The molecule has 0 saturated heterocycles. The van der Waals surface area contributed by atoms with Crippen molar-refractivity contribution < 1.29 is 29.6 Å². The van der Waals surface area contributed by atoms with E-state index in [1.165, 1.54) is 24.3 Å². The number of carbonyl (C=O) groups excluding carboxylic acids is 2. The molecule has 0 saturated carbocycles. The average molecular weight is 317 g/mol. The van der Waals surface area contributed by atoms with Crippen molar-refractivity contribution >= 4 is 22.6 Å². The van der Waals surface area contributed by atoms with Gasteiger partial charge in [-0.2, -0.15) is 0 Å². The number of aliphatic hydroxyl groups is 1. The second kappa shape index (κ2) is 5.86. The Labute approximate surface area is 131 Å². The smallest absolute Gasteiger partial charge is 0.261 e. The third-order valence-corrected chi connectivity index (χ3v) is 3.66. The summed E-state index contributed by atoms with van der Waals surface area (Å²) in [4.78, 5) is 26.1. The van der Waals surface area contributed by atoms with Gasteiger partial charge in [-0.05, 0) is 29.7 Å². The monoisotopic (exact) mass is 317 g/mol. The summed E-state index contributed by atoms with van der Waals surface area (Å²) < 4.78 is 5.10. The average Bonchev–Trinajstić information content (AvgIpc) is 2.50. The number of imide groups is 1. The van der Waals surface area contributed by atoms with E-state index in [1.54, 1.807) is 0 Å². The number of ether oxygens (including phenoxy) is 1. The standard InChI is InChI=1S/C16H15NO6/c18-2-4-23-3-1-17-15(21)12-7-10(19)5-9-6-11(20)8-13(14(9)12)16(17)22/h5-8,18-20H,1-4H2. The molecular formula is C16H15NO6. The molecule has 7 nitrogen and oxygen atoms in total. The van der Waals surface area contributed by atoms with Crippen LogP contribution in [0.25, 0.3) is 10.8 Å². The number of carbonyl (C=O) groups is 2. The lowest BCUT2D eigenvalue weighted by Crippen LogP contribution is -2.42. The van der Waals surface area contributed by atoms with Gasteiger partial charge in [-0.15, -0.1) is 0 Å². The number of phenols is 2. The van der Waals surface area contributed by atoms with Crippen molar-refractivity contribution in [2.75, 3.05) is 26.4 Å². The van der Waals surface area contributed by atoms with Crippen molar-refractivity contribution in [3.63, 3.8) is 0 Å². The van der Waals surface area contributed by atoms with Gasteiger partial charge in [0.1, 0.15) is 11.5 Å². The fourth-order valence-electron chi connectivity index (χ4n) is 2.73. The zero-order chi connectivity index (χ0) is 16.6. The van der Waals surface area contributed by atoms with Crippen LogP contribution in [0.4, 0.5) is 0 Å². The van der Waals surface area contributed by atoms with Crippen molar-refractivity contribution in [2.45, 2.75) is 0 Å². The van der Waals surface area contributed by atoms with Crippen LogP contribution in [0, 0.1) is 0 Å². The maximum atomic E-state index is 12.5. The number of nitrogens with zero attached hydrogens (tertiary/aromatic N) is 1. The molecule has 0 aromatic heterocycles. The molecule has 2 aromatic rings. The molecule has 0 radical (unpaired) electrons. The third-order valence-electron chi connectivity index (χ3n) is 3.66. The van der Waals surface area contributed by atoms with Gasteiger partial charge < -0.3 is 20.1 Å². The van der Waals surface area contributed by atoms with E-state index in [-0.39, 0.29) is 49.0 Å². The number of phenolic OH excluding ortho intramolecular Hbond substituents is 2. The van der Waals surface area contributed by atoms with Crippen LogP contribution in [0.3, 0.4) is 0 Å². The molecule has 0 aliphatic carbocycles. The zero-order valence-corrected chi connectivity index (χ0v) is 12.2. The Morgan fingerprint density at radius 1 is 0.913 bits per heavy atom. The minimum absolute atomic E-state index is 0.0178. The van der Waals surface area contributed by atoms with Gasteiger partial charge >= 0.3 is 0 Å². The van der Waals surface area contributed by atoms with Gasteiger partial charge in [0.25, 0.3) is 11.8 Å². The highest BCUT2D eigenvalue weighted by Gasteiger charge is 2.33. The van der Waals surface area contributed by atoms with Crippen molar-refractivity contribution in [1.82, 2.24) is 4.90 Å². The first-order chi connectivity index (χ1) is 11.0. The molecule has 2 aromatic carbocycles. The quantitative estimate of drug-likeness (QED) is 0.557. The summed E-state index contributed by atoms with van der Waals surface area (Å²) in [6.45, 7) is 0.0772. The molecule has 1 aliphatic heterocycles. The fraction of sp³-hybridized carbons (Fsp3) is 0.250. The molecule has 120 valence electrons. The summed E-state index contributed by atoms with van der Waals surface area (Å²) >= 11 is 0. The van der Waals surface area contributed by atoms with Crippen LogP contribution in [0.5, 0.6) is 11.5 Å². The predicted molar refractivity (Wildman–Crippen MR) is 80.5 cm³/mol. The van der Waals surface area contributed by atoms with E-state index in [0.29, 0.717) is 10.8 Å². The molecule has 23 heavy (non-hydrogen) atoms. The van der Waals surface area contributed by atoms with Gasteiger partial charge in [0.05, 0.1) is 37.5 Å². The predicted octanol–water partition coefficient (Wildman–Crippen LogP) is 0.856. The Kier molecular flexibility index (Phi) is 3.89. The Hall–Kier alpha value is -2.64. The molecule has 0 fully saturated rings. The van der Waals surface area contributed by atoms with E-state index in [4.69, 9.17) is 9.84 Å². The number of amides is 2. The Balaban J connectivity index is 2.05. The summed E-state index contributed by atoms with van der Waals surface area (Å²) in [7, 11) is 0. The van der Waals surface area contributed by atoms with E-state index < -0.39 is 11.8 Å². The van der Waals surface area contributed by atoms with Crippen LogP contribution in [0.2, 0.25) is 0 Å². The summed E-state index contributed by atoms with van der Waals surface area (Å²) in [6.07, 6.45) is 0. The molecule has 1 aliphatic rings. The van der Waals surface area contributed by atoms with E-state index >= 15 is 0 Å². The highest BCUT2D eigenvalue weighted by Crippen LogP contribution is 2.35. The number of aromatic hydroxyl groups is 2. The van der Waals surface area contributed by atoms with Crippen LogP contribution >= 0.6 is 0 Å². The normalized spacial score (nSPS) is 13.9. The number of aliphatic hydroxyl groups excluding tert-OH is 1. The molecular weight excluding hydrogens is 302 g/mol. The first-order valence-electron chi connectivity index (χ1n) is 7.07. The molecule has 7 heteroatoms. The van der Waals surface area contributed by atoms with Crippen molar-refractivity contribution in [3.8, 4) is 11.5 Å². The summed E-state index contributed by atoms with van der Waals surface area (Å²) in [5.74, 6) is -1.30. The highest BCUT2D eigenvalue weighted by molar-refractivity contribution is 6.25. The lowest BCUT2D eigenvalue weighted by molar-refractivity contribution is 0.0477. The van der Waals surface area contributed by atoms with E-state index in [2.05, 4.69) is 0 Å². The summed E-state index contributed by atoms with van der Waals surface area (Å²) in [5.41, 5.74) is 0.411. The minimum Gasteiger partial charge on any atom is -0.508 e. The van der Waals surface area contributed by atoms with E-state index in [0.717, 1.165) is 4.90 Å². The maximum absolute atomic E-state index is 12.5. The molecule has 0 bridgehead atoms. The Morgan fingerprint density at radius 2 is 1.48 bits per heavy atom. The largest absolute Gasteiger partial charge is 0.508 e. The number of rotatable bonds is 5. The SMILES string of the molecule is O=C1c2cc(O)cc3cc(O)cc(c23)C(=O)N1CCOCCO. The van der Waals surface area contributed by atoms with Crippen LogP contribution in [0.15, 0.2) is 24.3 Å². The molecule has 0 spiro atoms. The lowest BCUT2D eigenvalue weighted by Gasteiger charge is -2.27. The molecule has 3 rings (SSSR count). The van der Waals surface area contributed by atoms with Gasteiger partial charge in [-0.1, -0.05) is 0 Å². The molecule has 0 atom stereocenters. The van der Waals surface area contributed by atoms with Gasteiger partial charge in [0.2, 0.25) is 0 Å². The van der Waals surface area contributed by atoms with Crippen LogP contribution in [-0.2, 0) is 4.74 Å². The van der Waals surface area contributed by atoms with Crippen molar-refractivity contribution in [2.24, 2.45) is 0 Å². The van der Waals surface area contributed by atoms with Crippen LogP contribution in [0.1, 0.15) is 20.7 Å². The fourth-order valence-corrected chi connectivity index (χ4v) is 2.73. The zero-order valence-electron chi connectivity index (χ0n) is 12.2. The first kappa shape index (κ1) is 15.3. The van der Waals surface area contributed by atoms with Crippen molar-refractivity contribution in [3.05, 3.63) is 35.4 Å². The van der Waals surface area contributed by atoms with Gasteiger partial charge in [0, 0.05) is 5.39 Å². The molecule has 2 amide bonds. The highest BCUT2D eigenvalue weighted by atomic mass is 16.5. The molecule has 0 unspecified atom stereocenters. The van der Waals surface area contributed by atoms with Crippen molar-refractivity contribution in [1.29, 1.82) is 0 Å². The van der Waals surface area contributed by atoms with Gasteiger partial charge in [0.15, 0.2) is 0 Å². The molecule has 1 heterocycles. The van der Waals surface area contributed by atoms with E-state index in [9.17, 15) is 19.8 Å². The topological polar surface area (TPSA) is 107 Å². The number of benzene rings is 2. The van der Waals surface area contributed by atoms with Gasteiger partial charge in [-0.3, -0.25) is 14.5 Å². The Bertz CT molecular complexity index is 744. The van der Waals surface area contributed by atoms with E-state index in [1.807, 2.05) is 0 Å². The second-order valence-corrected chi connectivity index (χ2v) is 5.18. The first-order valence-corrected chi connectivity index (χ1v) is 7.07. The summed E-state index contributed by atoms with van der Waals surface area (Å²) in [5, 5.41) is 29.1. The molecule has 3 N–H and O–H groups in total. The van der Waals surface area contributed by atoms with Crippen LogP contribution < -0.4 is 0 Å². The summed E-state index contributed by atoms with van der Waals surface area (Å²) in [6, 6.07) is 5.39. The third kappa shape index (κ3) is 2.60. The van der Waals surface area contributed by atoms with Gasteiger partial charge in [-0.25, -0.2) is 0 Å². The Morgan fingerprint density at radius 3 is 2.00 bits per heavy atom.